The van der Waals surface area contributed by atoms with Crippen molar-refractivity contribution in [2.75, 3.05) is 15.8 Å². The average molecular weight is 507 g/mol. The second kappa shape index (κ2) is 9.35. The summed E-state index contributed by atoms with van der Waals surface area (Å²) >= 11 is 5.91. The van der Waals surface area contributed by atoms with Crippen molar-refractivity contribution in [3.8, 4) is 0 Å². The molecular weight excluding hydrogens is 488 g/mol. The number of carbonyl (C=O) groups excluding carboxylic acids is 1. The Morgan fingerprint density at radius 3 is 2.62 bits per heavy atom. The Labute approximate surface area is 198 Å². The van der Waals surface area contributed by atoms with Crippen LogP contribution in [-0.2, 0) is 10.0 Å². The number of H-pyrrole nitrogens is 2. The normalized spacial score (nSPS) is 11.5. The molecule has 0 aliphatic rings. The first-order chi connectivity index (χ1) is 16.2. The van der Waals surface area contributed by atoms with Crippen LogP contribution in [0.4, 0.5) is 26.0 Å². The molecule has 0 bridgehead atoms. The van der Waals surface area contributed by atoms with Crippen LogP contribution >= 0.6 is 11.6 Å². The molecule has 0 fully saturated rings. The highest BCUT2D eigenvalue weighted by Gasteiger charge is 2.28. The molecule has 0 amide bonds. The Kier molecular flexibility index (Phi) is 6.49. The Morgan fingerprint density at radius 2 is 1.91 bits per heavy atom. The fourth-order valence-corrected chi connectivity index (χ4v) is 4.67. The molecule has 4 aromatic rings. The van der Waals surface area contributed by atoms with Crippen LogP contribution in [0.1, 0.15) is 29.3 Å². The maximum atomic E-state index is 15.2. The molecule has 12 heteroatoms. The SMILES string of the molecule is CCCS(=O)(=O)Nc1ccc(F)c(C(=O)c2c[nH]c3[nH+]cnc(Nc4ccc(Cl)cc4)c23)c1F. The standard InChI is InChI=1S/C22H18ClF2N5O3S/c1-2-9-34(32,33)30-16-8-7-15(24)18(19(16)25)20(31)14-10-26-21-17(14)22(28-11-27-21)29-13-5-3-12(23)4-6-13/h3-8,10-11,30H,2,9H2,1H3,(H2,26,27,28,29)/p+1. The van der Waals surface area contributed by atoms with Gasteiger partial charge in [0.2, 0.25) is 33.6 Å². The van der Waals surface area contributed by atoms with Crippen molar-refractivity contribution in [3.05, 3.63) is 76.7 Å². The number of sulfonamides is 1. The van der Waals surface area contributed by atoms with Gasteiger partial charge < -0.3 is 5.32 Å². The molecule has 0 aliphatic carbocycles. The van der Waals surface area contributed by atoms with Crippen LogP contribution < -0.4 is 15.0 Å². The maximum absolute atomic E-state index is 15.2. The van der Waals surface area contributed by atoms with Gasteiger partial charge in [-0.25, -0.2) is 22.2 Å². The largest absolute Gasteiger partial charge is 0.326 e. The highest BCUT2D eigenvalue weighted by molar-refractivity contribution is 7.92. The summed E-state index contributed by atoms with van der Waals surface area (Å²) < 4.78 is 56.0. The molecule has 0 saturated carbocycles. The summed E-state index contributed by atoms with van der Waals surface area (Å²) in [7, 11) is -3.86. The van der Waals surface area contributed by atoms with Gasteiger partial charge >= 0.3 is 0 Å². The van der Waals surface area contributed by atoms with Gasteiger partial charge in [0.1, 0.15) is 11.2 Å². The van der Waals surface area contributed by atoms with E-state index in [1.807, 2.05) is 0 Å². The number of aromatic amines is 2. The van der Waals surface area contributed by atoms with E-state index in [-0.39, 0.29) is 22.5 Å². The van der Waals surface area contributed by atoms with Crippen molar-refractivity contribution in [1.82, 2.24) is 9.97 Å². The van der Waals surface area contributed by atoms with E-state index in [1.165, 1.54) is 12.5 Å². The molecule has 0 radical (unpaired) electrons. The Balaban J connectivity index is 1.78. The first kappa shape index (κ1) is 23.6. The fourth-order valence-electron chi connectivity index (χ4n) is 3.41. The van der Waals surface area contributed by atoms with Gasteiger partial charge in [0.05, 0.1) is 28.8 Å². The maximum Gasteiger partial charge on any atom is 0.236 e. The molecule has 0 atom stereocenters. The van der Waals surface area contributed by atoms with Gasteiger partial charge in [-0.05, 0) is 42.8 Å². The van der Waals surface area contributed by atoms with E-state index in [2.05, 4.69) is 25.0 Å². The van der Waals surface area contributed by atoms with Crippen LogP contribution in [0.5, 0.6) is 0 Å². The summed E-state index contributed by atoms with van der Waals surface area (Å²) in [6, 6.07) is 8.50. The number of carbonyl (C=O) groups is 1. The molecule has 0 unspecified atom stereocenters. The second-order valence-electron chi connectivity index (χ2n) is 7.37. The van der Waals surface area contributed by atoms with E-state index in [0.717, 1.165) is 12.1 Å². The third-order valence-electron chi connectivity index (χ3n) is 4.93. The summed E-state index contributed by atoms with van der Waals surface area (Å²) in [4.78, 5) is 23.2. The van der Waals surface area contributed by atoms with E-state index >= 15 is 4.39 Å². The third kappa shape index (κ3) is 4.70. The lowest BCUT2D eigenvalue weighted by Gasteiger charge is -2.11. The first-order valence-electron chi connectivity index (χ1n) is 10.1. The van der Waals surface area contributed by atoms with Gasteiger partial charge in [0.15, 0.2) is 5.82 Å². The quantitative estimate of drug-likeness (QED) is 0.305. The molecule has 8 nitrogen and oxygen atoms in total. The molecule has 2 aromatic carbocycles. The Bertz CT molecular complexity index is 1490. The van der Waals surface area contributed by atoms with Crippen molar-refractivity contribution < 1.29 is 27.0 Å². The zero-order valence-electron chi connectivity index (χ0n) is 17.7. The van der Waals surface area contributed by atoms with Gasteiger partial charge in [-0.1, -0.05) is 23.5 Å². The van der Waals surface area contributed by atoms with Gasteiger partial charge in [-0.3, -0.25) is 14.5 Å². The van der Waals surface area contributed by atoms with Gasteiger partial charge in [-0.2, -0.15) is 0 Å². The Morgan fingerprint density at radius 1 is 1.18 bits per heavy atom. The number of hydrogen-bond donors (Lipinski definition) is 3. The van der Waals surface area contributed by atoms with E-state index < -0.39 is 38.7 Å². The summed E-state index contributed by atoms with van der Waals surface area (Å²) in [6.07, 6.45) is 2.98. The monoisotopic (exact) mass is 506 g/mol. The molecule has 4 rings (SSSR count). The van der Waals surface area contributed by atoms with E-state index in [0.29, 0.717) is 22.8 Å². The van der Waals surface area contributed by atoms with Crippen LogP contribution in [0, 0.1) is 11.6 Å². The molecule has 4 N–H and O–H groups in total. The van der Waals surface area contributed by atoms with Crippen molar-refractivity contribution in [2.24, 2.45) is 0 Å². The molecule has 0 aliphatic heterocycles. The number of rotatable bonds is 8. The zero-order chi connectivity index (χ0) is 24.5. The van der Waals surface area contributed by atoms with Crippen LogP contribution in [0.3, 0.4) is 0 Å². The smallest absolute Gasteiger partial charge is 0.236 e. The predicted octanol–water partition coefficient (Wildman–Crippen LogP) is 4.43. The molecule has 34 heavy (non-hydrogen) atoms. The number of nitrogens with one attached hydrogen (secondary N) is 4. The summed E-state index contributed by atoms with van der Waals surface area (Å²) in [5, 5.41) is 3.84. The summed E-state index contributed by atoms with van der Waals surface area (Å²) in [6.45, 7) is 1.65. The highest BCUT2D eigenvalue weighted by Crippen LogP contribution is 2.30. The molecular formula is C22H19ClF2N5O3S+. The minimum atomic E-state index is -3.86. The first-order valence-corrected chi connectivity index (χ1v) is 12.2. The number of hydrogen-bond acceptors (Lipinski definition) is 5. The predicted molar refractivity (Wildman–Crippen MR) is 125 cm³/mol. The number of nitrogens with zero attached hydrogens (tertiary/aromatic N) is 1. The lowest BCUT2D eigenvalue weighted by atomic mass is 10.0. The molecule has 176 valence electrons. The van der Waals surface area contributed by atoms with E-state index in [4.69, 9.17) is 11.6 Å². The number of halogens is 3. The van der Waals surface area contributed by atoms with Gasteiger partial charge in [0.25, 0.3) is 0 Å². The second-order valence-corrected chi connectivity index (χ2v) is 9.65. The topological polar surface area (TPSA) is 118 Å². The minimum Gasteiger partial charge on any atom is -0.326 e. The van der Waals surface area contributed by atoms with Crippen molar-refractivity contribution in [1.29, 1.82) is 0 Å². The lowest BCUT2D eigenvalue weighted by molar-refractivity contribution is -0.352. The molecule has 2 heterocycles. The summed E-state index contributed by atoms with van der Waals surface area (Å²) in [5.74, 6) is -3.43. The van der Waals surface area contributed by atoms with Gasteiger partial charge in [-0.15, -0.1) is 0 Å². The van der Waals surface area contributed by atoms with E-state index in [1.54, 1.807) is 31.2 Å². The van der Waals surface area contributed by atoms with Crippen LogP contribution in [0.2, 0.25) is 5.02 Å². The Hall–Kier alpha value is -3.57. The van der Waals surface area contributed by atoms with Gasteiger partial charge in [0, 0.05) is 10.7 Å². The number of benzene rings is 2. The number of aromatic nitrogens is 3. The number of fused-ring (bicyclic) bond motifs is 1. The highest BCUT2D eigenvalue weighted by atomic mass is 35.5. The fraction of sp³-hybridized carbons (Fsp3) is 0.136. The van der Waals surface area contributed by atoms with Crippen molar-refractivity contribution >= 4 is 55.6 Å². The molecule has 0 spiro atoms. The average Bonchev–Trinajstić information content (AvgIpc) is 3.22. The van der Waals surface area contributed by atoms with E-state index in [9.17, 15) is 17.6 Å². The van der Waals surface area contributed by atoms with Crippen molar-refractivity contribution in [3.63, 3.8) is 0 Å². The molecule has 0 saturated heterocycles. The lowest BCUT2D eigenvalue weighted by Crippen LogP contribution is -2.18. The van der Waals surface area contributed by atoms with Crippen LogP contribution in [0.25, 0.3) is 11.0 Å². The van der Waals surface area contributed by atoms with Crippen LogP contribution in [-0.4, -0.2) is 29.9 Å². The third-order valence-corrected chi connectivity index (χ3v) is 6.66. The number of ketones is 1. The zero-order valence-corrected chi connectivity index (χ0v) is 19.3. The summed E-state index contributed by atoms with van der Waals surface area (Å²) in [5.41, 5.74) is -0.465. The molecule has 2 aromatic heterocycles. The minimum absolute atomic E-state index is 0.0674. The van der Waals surface area contributed by atoms with Crippen LogP contribution in [0.15, 0.2) is 48.9 Å². The van der Waals surface area contributed by atoms with Crippen molar-refractivity contribution in [2.45, 2.75) is 13.3 Å². The number of anilines is 3.